The molecule has 0 heterocycles. The number of aliphatic hydroxyl groups is 1. The predicted molar refractivity (Wildman–Crippen MR) is 54.5 cm³/mol. The summed E-state index contributed by atoms with van der Waals surface area (Å²) >= 11 is 0. The van der Waals surface area contributed by atoms with E-state index in [2.05, 4.69) is 13.8 Å². The van der Waals surface area contributed by atoms with Crippen molar-refractivity contribution in [2.75, 3.05) is 6.61 Å². The van der Waals surface area contributed by atoms with E-state index in [1.165, 1.54) is 38.5 Å². The topological polar surface area (TPSA) is 20.2 Å². The molecule has 1 atom stereocenters. The van der Waals surface area contributed by atoms with Crippen LogP contribution in [0.3, 0.4) is 0 Å². The minimum atomic E-state index is 0.313. The molecule has 0 saturated heterocycles. The van der Waals surface area contributed by atoms with Gasteiger partial charge in [-0.3, -0.25) is 0 Å². The smallest absolute Gasteiger partial charge is 0.0495 e. The minimum absolute atomic E-state index is 0.313. The molecular weight excluding hydrogens is 160 g/mol. The van der Waals surface area contributed by atoms with E-state index in [9.17, 15) is 5.11 Å². The zero-order chi connectivity index (χ0) is 9.53. The van der Waals surface area contributed by atoms with E-state index >= 15 is 0 Å². The summed E-state index contributed by atoms with van der Waals surface area (Å²) in [5.74, 6) is 0.821. The monoisotopic (exact) mass is 182 g/mol. The second-order valence-electron chi connectivity index (χ2n) is 5.71. The van der Waals surface area contributed by atoms with E-state index in [0.717, 1.165) is 5.92 Å². The lowest BCUT2D eigenvalue weighted by atomic mass is 9.74. The quantitative estimate of drug-likeness (QED) is 0.696. The molecule has 13 heavy (non-hydrogen) atoms. The van der Waals surface area contributed by atoms with Crippen LogP contribution in [-0.4, -0.2) is 11.7 Å². The summed E-state index contributed by atoms with van der Waals surface area (Å²) in [6.07, 6.45) is 8.18. The molecule has 2 fully saturated rings. The van der Waals surface area contributed by atoms with Gasteiger partial charge in [-0.2, -0.15) is 0 Å². The normalized spacial score (nSPS) is 39.0. The number of aliphatic hydroxyl groups excluding tert-OH is 1. The summed E-state index contributed by atoms with van der Waals surface area (Å²) < 4.78 is 0. The average molecular weight is 182 g/mol. The third-order valence-electron chi connectivity index (χ3n) is 4.65. The first-order valence-corrected chi connectivity index (χ1v) is 5.73. The highest BCUT2D eigenvalue weighted by atomic mass is 16.3. The molecule has 0 aliphatic heterocycles. The van der Waals surface area contributed by atoms with Gasteiger partial charge >= 0.3 is 0 Å². The van der Waals surface area contributed by atoms with Gasteiger partial charge in [-0.1, -0.05) is 33.1 Å². The molecular formula is C12H22O. The fourth-order valence-electron chi connectivity index (χ4n) is 3.50. The molecule has 1 unspecified atom stereocenters. The Labute approximate surface area is 81.5 Å². The Morgan fingerprint density at radius 3 is 2.08 bits per heavy atom. The van der Waals surface area contributed by atoms with Gasteiger partial charge in [0.1, 0.15) is 0 Å². The van der Waals surface area contributed by atoms with E-state index < -0.39 is 0 Å². The van der Waals surface area contributed by atoms with Gasteiger partial charge in [0.25, 0.3) is 0 Å². The molecule has 1 heteroatoms. The lowest BCUT2D eigenvalue weighted by Gasteiger charge is -2.32. The standard InChI is InChI=1S/C12H22O/c1-11(2)8-12(11,9-13)10-6-4-3-5-7-10/h10,13H,3-9H2,1-2H3. The fraction of sp³-hybridized carbons (Fsp3) is 1.00. The summed E-state index contributed by atoms with van der Waals surface area (Å²) in [5, 5.41) is 9.54. The molecule has 2 saturated carbocycles. The maximum absolute atomic E-state index is 9.54. The molecule has 2 rings (SSSR count). The van der Waals surface area contributed by atoms with Crippen molar-refractivity contribution in [2.24, 2.45) is 16.7 Å². The second-order valence-corrected chi connectivity index (χ2v) is 5.71. The summed E-state index contributed by atoms with van der Waals surface area (Å²) in [5.41, 5.74) is 0.733. The highest BCUT2D eigenvalue weighted by molar-refractivity contribution is 5.12. The maximum Gasteiger partial charge on any atom is 0.0495 e. The van der Waals surface area contributed by atoms with Gasteiger partial charge in [0.05, 0.1) is 0 Å². The van der Waals surface area contributed by atoms with E-state index in [1.54, 1.807) is 0 Å². The van der Waals surface area contributed by atoms with E-state index in [4.69, 9.17) is 0 Å². The summed E-state index contributed by atoms with van der Waals surface area (Å²) in [6, 6.07) is 0. The van der Waals surface area contributed by atoms with Gasteiger partial charge < -0.3 is 5.11 Å². The minimum Gasteiger partial charge on any atom is -0.396 e. The molecule has 1 N–H and O–H groups in total. The molecule has 0 amide bonds. The Balaban J connectivity index is 2.05. The van der Waals surface area contributed by atoms with Gasteiger partial charge in [0, 0.05) is 12.0 Å². The van der Waals surface area contributed by atoms with Crippen LogP contribution < -0.4 is 0 Å². The average Bonchev–Trinajstić information content (AvgIpc) is 2.72. The second kappa shape index (κ2) is 2.98. The van der Waals surface area contributed by atoms with Crippen molar-refractivity contribution in [3.05, 3.63) is 0 Å². The molecule has 0 aromatic carbocycles. The number of hydrogen-bond acceptors (Lipinski definition) is 1. The SMILES string of the molecule is CC1(C)CC1(CO)C1CCCCC1. The number of hydrogen-bond donors (Lipinski definition) is 1. The van der Waals surface area contributed by atoms with E-state index in [1.807, 2.05) is 0 Å². The highest BCUT2D eigenvalue weighted by Crippen LogP contribution is 2.69. The lowest BCUT2D eigenvalue weighted by Crippen LogP contribution is -2.27. The van der Waals surface area contributed by atoms with Gasteiger partial charge in [-0.25, -0.2) is 0 Å². The molecule has 0 aromatic rings. The van der Waals surface area contributed by atoms with Crippen molar-refractivity contribution < 1.29 is 5.11 Å². The first kappa shape index (κ1) is 9.51. The Morgan fingerprint density at radius 1 is 1.15 bits per heavy atom. The van der Waals surface area contributed by atoms with Crippen molar-refractivity contribution in [1.82, 2.24) is 0 Å². The van der Waals surface area contributed by atoms with Gasteiger partial charge in [0.2, 0.25) is 0 Å². The maximum atomic E-state index is 9.54. The molecule has 0 spiro atoms. The zero-order valence-electron chi connectivity index (χ0n) is 8.97. The van der Waals surface area contributed by atoms with Gasteiger partial charge in [-0.15, -0.1) is 0 Å². The Bertz CT molecular complexity index is 191. The third kappa shape index (κ3) is 1.32. The molecule has 0 bridgehead atoms. The van der Waals surface area contributed by atoms with Gasteiger partial charge in [-0.05, 0) is 30.6 Å². The van der Waals surface area contributed by atoms with Crippen LogP contribution in [0.25, 0.3) is 0 Å². The van der Waals surface area contributed by atoms with Crippen LogP contribution in [0.1, 0.15) is 52.4 Å². The van der Waals surface area contributed by atoms with Crippen molar-refractivity contribution in [3.8, 4) is 0 Å². The molecule has 1 nitrogen and oxygen atoms in total. The van der Waals surface area contributed by atoms with Crippen molar-refractivity contribution in [3.63, 3.8) is 0 Å². The molecule has 0 radical (unpaired) electrons. The largest absolute Gasteiger partial charge is 0.396 e. The van der Waals surface area contributed by atoms with Crippen molar-refractivity contribution >= 4 is 0 Å². The fourth-order valence-corrected chi connectivity index (χ4v) is 3.50. The molecule has 2 aliphatic carbocycles. The molecule has 2 aliphatic rings. The van der Waals surface area contributed by atoms with Crippen LogP contribution >= 0.6 is 0 Å². The van der Waals surface area contributed by atoms with E-state index in [-0.39, 0.29) is 0 Å². The van der Waals surface area contributed by atoms with Crippen molar-refractivity contribution in [1.29, 1.82) is 0 Å². The van der Waals surface area contributed by atoms with E-state index in [0.29, 0.717) is 17.4 Å². The Morgan fingerprint density at radius 2 is 1.69 bits per heavy atom. The zero-order valence-corrected chi connectivity index (χ0v) is 8.97. The summed E-state index contributed by atoms with van der Waals surface area (Å²) in [7, 11) is 0. The first-order valence-electron chi connectivity index (χ1n) is 5.73. The Hall–Kier alpha value is -0.0400. The van der Waals surface area contributed by atoms with Crippen molar-refractivity contribution in [2.45, 2.75) is 52.4 Å². The number of rotatable bonds is 2. The van der Waals surface area contributed by atoms with Crippen LogP contribution in [0.15, 0.2) is 0 Å². The van der Waals surface area contributed by atoms with Crippen LogP contribution in [0.4, 0.5) is 0 Å². The lowest BCUT2D eigenvalue weighted by molar-refractivity contribution is 0.0974. The molecule has 76 valence electrons. The van der Waals surface area contributed by atoms with Crippen LogP contribution in [0.5, 0.6) is 0 Å². The van der Waals surface area contributed by atoms with Crippen LogP contribution in [-0.2, 0) is 0 Å². The van der Waals surface area contributed by atoms with Crippen LogP contribution in [0.2, 0.25) is 0 Å². The van der Waals surface area contributed by atoms with Crippen LogP contribution in [0, 0.1) is 16.7 Å². The summed E-state index contributed by atoms with van der Waals surface area (Å²) in [4.78, 5) is 0. The molecule has 0 aromatic heterocycles. The Kier molecular flexibility index (Phi) is 2.18. The highest BCUT2D eigenvalue weighted by Gasteiger charge is 2.63. The van der Waals surface area contributed by atoms with Gasteiger partial charge in [0.15, 0.2) is 0 Å². The third-order valence-corrected chi connectivity index (χ3v) is 4.65. The predicted octanol–water partition coefficient (Wildman–Crippen LogP) is 2.98. The first-order chi connectivity index (χ1) is 6.12. The summed E-state index contributed by atoms with van der Waals surface area (Å²) in [6.45, 7) is 5.06.